The molecular formula is C19H14ClNO5S2. The van der Waals surface area contributed by atoms with Crippen molar-refractivity contribution >= 4 is 63.5 Å². The maximum Gasteiger partial charge on any atom is 0.341 e. The van der Waals surface area contributed by atoms with Crippen LogP contribution >= 0.6 is 35.6 Å². The molecule has 0 atom stereocenters. The second-order valence-electron chi connectivity index (χ2n) is 5.59. The lowest BCUT2D eigenvalue weighted by Gasteiger charge is -2.14. The molecule has 0 saturated carbocycles. The number of methoxy groups -OCH3 is 1. The second kappa shape index (κ2) is 8.64. The van der Waals surface area contributed by atoms with Crippen LogP contribution in [0.15, 0.2) is 47.4 Å². The van der Waals surface area contributed by atoms with E-state index in [9.17, 15) is 9.59 Å². The fourth-order valence-electron chi connectivity index (χ4n) is 2.46. The quantitative estimate of drug-likeness (QED) is 0.537. The smallest absolute Gasteiger partial charge is 0.341 e. The zero-order valence-corrected chi connectivity index (χ0v) is 16.9. The van der Waals surface area contributed by atoms with Gasteiger partial charge in [0.15, 0.2) is 22.4 Å². The molecule has 1 heterocycles. The average Bonchev–Trinajstić information content (AvgIpc) is 2.94. The number of thiocarbonyl (C=S) groups is 1. The number of carboxylic acids is 1. The summed E-state index contributed by atoms with van der Waals surface area (Å²) in [5.74, 6) is -0.654. The molecule has 0 aromatic heterocycles. The van der Waals surface area contributed by atoms with E-state index in [2.05, 4.69) is 0 Å². The van der Waals surface area contributed by atoms with Crippen LogP contribution in [0.1, 0.15) is 5.56 Å². The number of thioether (sulfide) groups is 1. The molecule has 1 aliphatic rings. The average molecular weight is 436 g/mol. The van der Waals surface area contributed by atoms with Gasteiger partial charge in [-0.05, 0) is 48.0 Å². The van der Waals surface area contributed by atoms with Crippen molar-refractivity contribution in [3.8, 4) is 11.5 Å². The minimum atomic E-state index is -1.09. The maximum atomic E-state index is 12.8. The standard InChI is InChI=1S/C19H14ClNO5S2/c1-25-15-8-11(2-7-14(15)26-10-17(22)23)9-16-18(24)21(19(27)28-16)13-5-3-12(20)4-6-13/h2-9H,10H2,1H3,(H,22,23)/b16-9+. The van der Waals surface area contributed by atoms with Gasteiger partial charge >= 0.3 is 5.97 Å². The molecule has 0 spiro atoms. The predicted molar refractivity (Wildman–Crippen MR) is 113 cm³/mol. The Balaban J connectivity index is 1.85. The number of benzene rings is 2. The fraction of sp³-hybridized carbons (Fsp3) is 0.105. The monoisotopic (exact) mass is 435 g/mol. The van der Waals surface area contributed by atoms with E-state index in [1.165, 1.54) is 23.8 Å². The lowest BCUT2D eigenvalue weighted by molar-refractivity contribution is -0.139. The molecule has 2 aromatic rings. The van der Waals surface area contributed by atoms with Crippen LogP contribution in [0.25, 0.3) is 6.08 Å². The van der Waals surface area contributed by atoms with Gasteiger partial charge in [-0.15, -0.1) is 0 Å². The largest absolute Gasteiger partial charge is 0.493 e. The van der Waals surface area contributed by atoms with E-state index in [0.717, 1.165) is 0 Å². The van der Waals surface area contributed by atoms with Crippen molar-refractivity contribution in [1.29, 1.82) is 0 Å². The van der Waals surface area contributed by atoms with Gasteiger partial charge in [0.25, 0.3) is 5.91 Å². The lowest BCUT2D eigenvalue weighted by atomic mass is 10.2. The molecule has 6 nitrogen and oxygen atoms in total. The Morgan fingerprint density at radius 2 is 1.96 bits per heavy atom. The van der Waals surface area contributed by atoms with Crippen LogP contribution in [0.3, 0.4) is 0 Å². The first-order chi connectivity index (χ1) is 13.4. The number of hydrogen-bond acceptors (Lipinski definition) is 6. The van der Waals surface area contributed by atoms with Gasteiger partial charge in [-0.1, -0.05) is 41.6 Å². The molecule has 1 saturated heterocycles. The molecule has 1 fully saturated rings. The first-order valence-corrected chi connectivity index (χ1v) is 9.55. The van der Waals surface area contributed by atoms with Gasteiger partial charge in [0.2, 0.25) is 0 Å². The van der Waals surface area contributed by atoms with Gasteiger partial charge in [0.1, 0.15) is 0 Å². The summed E-state index contributed by atoms with van der Waals surface area (Å²) >= 11 is 12.4. The Hall–Kier alpha value is -2.55. The van der Waals surface area contributed by atoms with Crippen LogP contribution in [0.2, 0.25) is 5.02 Å². The highest BCUT2D eigenvalue weighted by Crippen LogP contribution is 2.37. The van der Waals surface area contributed by atoms with E-state index in [1.54, 1.807) is 48.5 Å². The highest BCUT2D eigenvalue weighted by Gasteiger charge is 2.33. The van der Waals surface area contributed by atoms with Crippen LogP contribution in [0, 0.1) is 0 Å². The summed E-state index contributed by atoms with van der Waals surface area (Å²) in [6.45, 7) is -0.477. The number of rotatable bonds is 6. The van der Waals surface area contributed by atoms with Gasteiger partial charge in [0.05, 0.1) is 17.7 Å². The Morgan fingerprint density at radius 3 is 2.61 bits per heavy atom. The molecule has 3 rings (SSSR count). The summed E-state index contributed by atoms with van der Waals surface area (Å²) in [4.78, 5) is 25.4. The van der Waals surface area contributed by atoms with E-state index in [-0.39, 0.29) is 5.91 Å². The van der Waals surface area contributed by atoms with Crippen LogP contribution in [-0.4, -0.2) is 35.0 Å². The van der Waals surface area contributed by atoms with Crippen LogP contribution < -0.4 is 14.4 Å². The number of halogens is 1. The fourth-order valence-corrected chi connectivity index (χ4v) is 3.89. The van der Waals surface area contributed by atoms with Gasteiger partial charge in [-0.3, -0.25) is 9.69 Å². The number of carbonyl (C=O) groups is 2. The molecule has 1 aliphatic heterocycles. The van der Waals surface area contributed by atoms with Gasteiger partial charge in [-0.2, -0.15) is 0 Å². The van der Waals surface area contributed by atoms with Crippen molar-refractivity contribution in [2.75, 3.05) is 18.6 Å². The highest BCUT2D eigenvalue weighted by molar-refractivity contribution is 8.27. The second-order valence-corrected chi connectivity index (χ2v) is 7.70. The Kier molecular flexibility index (Phi) is 6.23. The number of hydrogen-bond donors (Lipinski definition) is 1. The highest BCUT2D eigenvalue weighted by atomic mass is 35.5. The Morgan fingerprint density at radius 1 is 1.25 bits per heavy atom. The zero-order chi connectivity index (χ0) is 20.3. The normalized spacial score (nSPS) is 15.2. The topological polar surface area (TPSA) is 76.1 Å². The maximum absolute atomic E-state index is 12.8. The summed E-state index contributed by atoms with van der Waals surface area (Å²) in [7, 11) is 1.45. The van der Waals surface area contributed by atoms with Crippen molar-refractivity contribution in [3.05, 3.63) is 58.0 Å². The van der Waals surface area contributed by atoms with E-state index < -0.39 is 12.6 Å². The molecule has 144 valence electrons. The lowest BCUT2D eigenvalue weighted by Crippen LogP contribution is -2.27. The SMILES string of the molecule is COc1cc(/C=C2/SC(=S)N(c3ccc(Cl)cc3)C2=O)ccc1OCC(=O)O. The summed E-state index contributed by atoms with van der Waals surface area (Å²) in [6.07, 6.45) is 1.69. The van der Waals surface area contributed by atoms with Gasteiger partial charge in [-0.25, -0.2) is 4.79 Å². The summed E-state index contributed by atoms with van der Waals surface area (Å²) < 4.78 is 10.8. The predicted octanol–water partition coefficient (Wildman–Crippen LogP) is 4.22. The van der Waals surface area contributed by atoms with E-state index >= 15 is 0 Å². The van der Waals surface area contributed by atoms with Crippen molar-refractivity contribution in [2.45, 2.75) is 0 Å². The molecule has 1 N–H and O–H groups in total. The zero-order valence-electron chi connectivity index (χ0n) is 14.5. The Labute approximate surface area is 175 Å². The van der Waals surface area contributed by atoms with Crippen LogP contribution in [0.4, 0.5) is 5.69 Å². The number of nitrogens with zero attached hydrogens (tertiary/aromatic N) is 1. The third kappa shape index (κ3) is 4.46. The van der Waals surface area contributed by atoms with Crippen LogP contribution in [0.5, 0.6) is 11.5 Å². The molecule has 28 heavy (non-hydrogen) atoms. The molecule has 0 aliphatic carbocycles. The van der Waals surface area contributed by atoms with Crippen LogP contribution in [-0.2, 0) is 9.59 Å². The van der Waals surface area contributed by atoms with E-state index in [1.807, 2.05) is 0 Å². The summed E-state index contributed by atoms with van der Waals surface area (Å²) in [6, 6.07) is 11.8. The summed E-state index contributed by atoms with van der Waals surface area (Å²) in [5, 5.41) is 9.30. The van der Waals surface area contributed by atoms with E-state index in [0.29, 0.717) is 37.0 Å². The van der Waals surface area contributed by atoms with E-state index in [4.69, 9.17) is 38.4 Å². The van der Waals surface area contributed by atoms with Crippen molar-refractivity contribution in [3.63, 3.8) is 0 Å². The number of ether oxygens (including phenoxy) is 2. The number of anilines is 1. The number of carbonyl (C=O) groups excluding carboxylic acids is 1. The van der Waals surface area contributed by atoms with Crippen molar-refractivity contribution in [1.82, 2.24) is 0 Å². The third-order valence-electron chi connectivity index (χ3n) is 3.72. The van der Waals surface area contributed by atoms with Gasteiger partial charge in [0, 0.05) is 5.02 Å². The number of aliphatic carboxylic acids is 1. The third-order valence-corrected chi connectivity index (χ3v) is 5.27. The van der Waals surface area contributed by atoms with Gasteiger partial charge < -0.3 is 14.6 Å². The summed E-state index contributed by atoms with van der Waals surface area (Å²) in [5.41, 5.74) is 1.33. The minimum absolute atomic E-state index is 0.234. The number of amides is 1. The first-order valence-electron chi connectivity index (χ1n) is 7.95. The van der Waals surface area contributed by atoms with Crippen molar-refractivity contribution in [2.24, 2.45) is 0 Å². The molecule has 0 radical (unpaired) electrons. The number of carboxylic acid groups (broad SMARTS) is 1. The molecule has 0 unspecified atom stereocenters. The minimum Gasteiger partial charge on any atom is -0.493 e. The first kappa shape index (κ1) is 20.2. The molecular weight excluding hydrogens is 422 g/mol. The molecule has 0 bridgehead atoms. The molecule has 1 amide bonds. The van der Waals surface area contributed by atoms with Crippen molar-refractivity contribution < 1.29 is 24.2 Å². The molecule has 2 aromatic carbocycles. The Bertz CT molecular complexity index is 975. The molecule has 9 heteroatoms.